The number of carbonyl (C=O) groups is 1. The second kappa shape index (κ2) is 6.35. The molecule has 0 aliphatic heterocycles. The summed E-state index contributed by atoms with van der Waals surface area (Å²) < 4.78 is 13.5. The predicted molar refractivity (Wildman–Crippen MR) is 66.1 cm³/mol. The van der Waals surface area contributed by atoms with Gasteiger partial charge in [0.15, 0.2) is 0 Å². The lowest BCUT2D eigenvalue weighted by molar-refractivity contribution is -0.122. The molecule has 0 heterocycles. The summed E-state index contributed by atoms with van der Waals surface area (Å²) in [6, 6.07) is 6.03. The van der Waals surface area contributed by atoms with E-state index in [0.29, 0.717) is 12.1 Å². The number of amides is 1. The summed E-state index contributed by atoms with van der Waals surface area (Å²) in [6.45, 7) is 6.07. The molecule has 0 bridgehead atoms. The minimum Gasteiger partial charge on any atom is -0.355 e. The first kappa shape index (κ1) is 13.6. The smallest absolute Gasteiger partial charge is 0.236 e. The van der Waals surface area contributed by atoms with E-state index in [1.54, 1.807) is 25.1 Å². The average Bonchev–Trinajstić information content (AvgIpc) is 2.29. The zero-order valence-corrected chi connectivity index (χ0v) is 10.5. The van der Waals surface area contributed by atoms with Crippen LogP contribution in [0.2, 0.25) is 0 Å². The lowest BCUT2D eigenvalue weighted by Crippen LogP contribution is -2.43. The van der Waals surface area contributed by atoms with E-state index in [1.165, 1.54) is 6.07 Å². The van der Waals surface area contributed by atoms with Crippen LogP contribution < -0.4 is 10.6 Å². The number of likely N-dealkylation sites (N-methyl/N-ethyl adjacent to an activating group) is 1. The van der Waals surface area contributed by atoms with Gasteiger partial charge in [0.05, 0.1) is 6.04 Å². The van der Waals surface area contributed by atoms with Crippen LogP contribution >= 0.6 is 0 Å². The molecule has 0 aliphatic carbocycles. The second-order valence-corrected chi connectivity index (χ2v) is 4.03. The summed E-state index contributed by atoms with van der Waals surface area (Å²) in [6.07, 6.45) is 0. The average molecular weight is 238 g/mol. The van der Waals surface area contributed by atoms with E-state index >= 15 is 0 Å². The van der Waals surface area contributed by atoms with Crippen molar-refractivity contribution >= 4 is 5.91 Å². The molecule has 2 unspecified atom stereocenters. The van der Waals surface area contributed by atoms with Gasteiger partial charge in [-0.15, -0.1) is 0 Å². The third-order valence-corrected chi connectivity index (χ3v) is 2.62. The van der Waals surface area contributed by atoms with E-state index in [4.69, 9.17) is 0 Å². The van der Waals surface area contributed by atoms with E-state index < -0.39 is 0 Å². The highest BCUT2D eigenvalue weighted by molar-refractivity contribution is 5.81. The first-order valence-electron chi connectivity index (χ1n) is 5.84. The zero-order chi connectivity index (χ0) is 12.8. The molecular formula is C13H19FN2O. The van der Waals surface area contributed by atoms with Crippen molar-refractivity contribution in [2.45, 2.75) is 32.9 Å². The first-order chi connectivity index (χ1) is 8.06. The molecule has 3 nitrogen and oxygen atoms in total. The largest absolute Gasteiger partial charge is 0.355 e. The van der Waals surface area contributed by atoms with Gasteiger partial charge in [-0.05, 0) is 26.8 Å². The van der Waals surface area contributed by atoms with Crippen LogP contribution in [-0.2, 0) is 4.79 Å². The molecule has 1 aromatic rings. The van der Waals surface area contributed by atoms with E-state index in [0.717, 1.165) is 0 Å². The SMILES string of the molecule is CCNC(=O)C(C)NC(C)c1ccccc1F. The van der Waals surface area contributed by atoms with Gasteiger partial charge in [0, 0.05) is 18.2 Å². The van der Waals surface area contributed by atoms with Gasteiger partial charge in [-0.25, -0.2) is 4.39 Å². The first-order valence-corrected chi connectivity index (χ1v) is 5.84. The predicted octanol–water partition coefficient (Wildman–Crippen LogP) is 2.00. The van der Waals surface area contributed by atoms with Crippen LogP contribution in [0.25, 0.3) is 0 Å². The molecule has 2 N–H and O–H groups in total. The minimum absolute atomic E-state index is 0.0734. The van der Waals surface area contributed by atoms with Gasteiger partial charge in [0.2, 0.25) is 5.91 Å². The third-order valence-electron chi connectivity index (χ3n) is 2.62. The third kappa shape index (κ3) is 3.82. The van der Waals surface area contributed by atoms with Gasteiger partial charge in [-0.3, -0.25) is 10.1 Å². The van der Waals surface area contributed by atoms with Crippen molar-refractivity contribution in [1.29, 1.82) is 0 Å². The summed E-state index contributed by atoms with van der Waals surface area (Å²) in [5, 5.41) is 5.79. The number of carbonyl (C=O) groups excluding carboxylic acids is 1. The molecule has 94 valence electrons. The zero-order valence-electron chi connectivity index (χ0n) is 10.5. The van der Waals surface area contributed by atoms with Crippen molar-refractivity contribution in [3.8, 4) is 0 Å². The summed E-state index contributed by atoms with van der Waals surface area (Å²) >= 11 is 0. The molecular weight excluding hydrogens is 219 g/mol. The molecule has 0 saturated carbocycles. The van der Waals surface area contributed by atoms with Crippen molar-refractivity contribution in [1.82, 2.24) is 10.6 Å². The van der Waals surface area contributed by atoms with E-state index in [1.807, 2.05) is 13.8 Å². The Morgan fingerprint density at radius 3 is 2.59 bits per heavy atom. The summed E-state index contributed by atoms with van der Waals surface area (Å²) in [7, 11) is 0. The molecule has 0 spiro atoms. The fourth-order valence-electron chi connectivity index (χ4n) is 1.69. The fourth-order valence-corrected chi connectivity index (χ4v) is 1.69. The van der Waals surface area contributed by atoms with Gasteiger partial charge in [-0.2, -0.15) is 0 Å². The number of nitrogens with one attached hydrogen (secondary N) is 2. The summed E-state index contributed by atoms with van der Waals surface area (Å²) in [4.78, 5) is 11.5. The monoisotopic (exact) mass is 238 g/mol. The quantitative estimate of drug-likeness (QED) is 0.823. The van der Waals surface area contributed by atoms with E-state index in [-0.39, 0.29) is 23.8 Å². The van der Waals surface area contributed by atoms with Gasteiger partial charge in [0.25, 0.3) is 0 Å². The molecule has 1 rings (SSSR count). The van der Waals surface area contributed by atoms with Crippen molar-refractivity contribution < 1.29 is 9.18 Å². The molecule has 0 saturated heterocycles. The fraction of sp³-hybridized carbons (Fsp3) is 0.462. The molecule has 4 heteroatoms. The lowest BCUT2D eigenvalue weighted by Gasteiger charge is -2.20. The number of rotatable bonds is 5. The Kier molecular flexibility index (Phi) is 5.10. The Morgan fingerprint density at radius 1 is 1.35 bits per heavy atom. The van der Waals surface area contributed by atoms with Gasteiger partial charge >= 0.3 is 0 Å². The highest BCUT2D eigenvalue weighted by atomic mass is 19.1. The van der Waals surface area contributed by atoms with E-state index in [9.17, 15) is 9.18 Å². The van der Waals surface area contributed by atoms with Gasteiger partial charge in [-0.1, -0.05) is 18.2 Å². The Balaban J connectivity index is 2.63. The number of halogens is 1. The van der Waals surface area contributed by atoms with Gasteiger partial charge in [0.1, 0.15) is 5.82 Å². The van der Waals surface area contributed by atoms with Gasteiger partial charge < -0.3 is 5.32 Å². The normalized spacial score (nSPS) is 14.1. The Labute approximate surface area is 101 Å². The molecule has 2 atom stereocenters. The lowest BCUT2D eigenvalue weighted by atomic mass is 10.1. The summed E-state index contributed by atoms with van der Waals surface area (Å²) in [5.41, 5.74) is 0.573. The van der Waals surface area contributed by atoms with Crippen molar-refractivity contribution in [2.24, 2.45) is 0 Å². The number of benzene rings is 1. The molecule has 1 aromatic carbocycles. The second-order valence-electron chi connectivity index (χ2n) is 4.03. The van der Waals surface area contributed by atoms with Crippen LogP contribution in [0.4, 0.5) is 4.39 Å². The Hall–Kier alpha value is -1.42. The van der Waals surface area contributed by atoms with Crippen LogP contribution in [0.3, 0.4) is 0 Å². The van der Waals surface area contributed by atoms with Crippen LogP contribution in [0.1, 0.15) is 32.4 Å². The molecule has 0 aromatic heterocycles. The van der Waals surface area contributed by atoms with Crippen molar-refractivity contribution in [3.63, 3.8) is 0 Å². The standard InChI is InChI=1S/C13H19FN2O/c1-4-15-13(17)10(3)16-9(2)11-7-5-6-8-12(11)14/h5-10,16H,4H2,1-3H3,(H,15,17). The maximum Gasteiger partial charge on any atom is 0.236 e. The van der Waals surface area contributed by atoms with Crippen molar-refractivity contribution in [3.05, 3.63) is 35.6 Å². The number of hydrogen-bond donors (Lipinski definition) is 2. The highest BCUT2D eigenvalue weighted by Gasteiger charge is 2.17. The molecule has 0 aliphatic rings. The van der Waals surface area contributed by atoms with Crippen LogP contribution in [0.5, 0.6) is 0 Å². The van der Waals surface area contributed by atoms with E-state index in [2.05, 4.69) is 10.6 Å². The maximum absolute atomic E-state index is 13.5. The number of hydrogen-bond acceptors (Lipinski definition) is 2. The summed E-state index contributed by atoms with van der Waals surface area (Å²) in [5.74, 6) is -0.328. The van der Waals surface area contributed by atoms with Crippen LogP contribution in [0.15, 0.2) is 24.3 Å². The Morgan fingerprint density at radius 2 is 2.00 bits per heavy atom. The Bertz CT molecular complexity index is 381. The van der Waals surface area contributed by atoms with Crippen molar-refractivity contribution in [2.75, 3.05) is 6.54 Å². The molecule has 0 radical (unpaired) electrons. The molecule has 0 fully saturated rings. The highest BCUT2D eigenvalue weighted by Crippen LogP contribution is 2.16. The molecule has 1 amide bonds. The van der Waals surface area contributed by atoms with Crippen LogP contribution in [0, 0.1) is 5.82 Å². The van der Waals surface area contributed by atoms with Crippen LogP contribution in [-0.4, -0.2) is 18.5 Å². The minimum atomic E-state index is -0.343. The maximum atomic E-state index is 13.5. The molecule has 17 heavy (non-hydrogen) atoms. The topological polar surface area (TPSA) is 41.1 Å².